The fraction of sp³-hybridized carbons (Fsp3) is 0.379. The van der Waals surface area contributed by atoms with Crippen LogP contribution < -0.4 is 10.6 Å². The van der Waals surface area contributed by atoms with Crippen molar-refractivity contribution < 1.29 is 9.59 Å². The van der Waals surface area contributed by atoms with Gasteiger partial charge in [0.05, 0.1) is 18.0 Å². The first-order chi connectivity index (χ1) is 17.2. The Hall–Kier alpha value is -3.12. The van der Waals surface area contributed by atoms with Gasteiger partial charge < -0.3 is 15.5 Å². The maximum atomic E-state index is 14.1. The number of fused-ring (bicyclic) bond motifs is 3. The number of hydrogen-bond acceptors (Lipinski definition) is 4. The van der Waals surface area contributed by atoms with Gasteiger partial charge >= 0.3 is 0 Å². The molecule has 6 heteroatoms. The van der Waals surface area contributed by atoms with Gasteiger partial charge in [-0.25, -0.2) is 0 Å². The molecule has 0 spiro atoms. The lowest BCUT2D eigenvalue weighted by Gasteiger charge is -2.41. The Balaban J connectivity index is 1.27. The summed E-state index contributed by atoms with van der Waals surface area (Å²) in [6.07, 6.45) is 4.75. The first-order valence-corrected chi connectivity index (χ1v) is 13.6. The first-order valence-electron chi connectivity index (χ1n) is 12.8. The second-order valence-corrected chi connectivity index (χ2v) is 11.0. The number of para-hydroxylation sites is 1. The fourth-order valence-corrected chi connectivity index (χ4v) is 7.23. The summed E-state index contributed by atoms with van der Waals surface area (Å²) in [5.74, 6) is 0.294. The van der Waals surface area contributed by atoms with Crippen molar-refractivity contribution in [2.24, 2.45) is 11.8 Å². The molecule has 2 aromatic carbocycles. The van der Waals surface area contributed by atoms with E-state index in [1.165, 1.54) is 10.4 Å². The van der Waals surface area contributed by atoms with Crippen LogP contribution in [0.2, 0.25) is 0 Å². The Bertz CT molecular complexity index is 1200. The average Bonchev–Trinajstić information content (AvgIpc) is 3.60. The molecule has 0 bridgehead atoms. The largest absolute Gasteiger partial charge is 0.377 e. The highest BCUT2D eigenvalue weighted by Crippen LogP contribution is 2.52. The standard InChI is InChI=1S/C29H31N3O2S/c33-28(19-9-2-1-3-10-19)31-24-14-7-5-12-21(24)29(34)32-17-16-22-26(25-15-8-18-35-25)30-23-13-6-4-11-20(23)27(22)32/h1-4,6,8-11,13,15,18,21-22,24,26-27,30H,5,7,12,14,16-17H2,(H,31,33)/t21-,22-,24?,26-,27+/m0/s1. The molecule has 1 saturated carbocycles. The molecule has 2 aliphatic heterocycles. The Morgan fingerprint density at radius 3 is 2.54 bits per heavy atom. The smallest absolute Gasteiger partial charge is 0.251 e. The normalized spacial score (nSPS) is 27.4. The highest BCUT2D eigenvalue weighted by atomic mass is 32.1. The molecular weight excluding hydrogens is 454 g/mol. The van der Waals surface area contributed by atoms with E-state index in [1.54, 1.807) is 11.3 Å². The monoisotopic (exact) mass is 485 g/mol. The number of benzene rings is 2. The number of amides is 2. The van der Waals surface area contributed by atoms with Crippen molar-refractivity contribution in [2.45, 2.75) is 50.2 Å². The van der Waals surface area contributed by atoms with Gasteiger partial charge in [0.2, 0.25) is 5.91 Å². The Labute approximate surface area is 210 Å². The first kappa shape index (κ1) is 22.4. The van der Waals surface area contributed by atoms with Gasteiger partial charge in [-0.2, -0.15) is 0 Å². The Morgan fingerprint density at radius 2 is 1.71 bits per heavy atom. The van der Waals surface area contributed by atoms with E-state index in [-0.39, 0.29) is 35.9 Å². The molecule has 180 valence electrons. The zero-order valence-electron chi connectivity index (χ0n) is 19.7. The predicted molar refractivity (Wildman–Crippen MR) is 139 cm³/mol. The highest BCUT2D eigenvalue weighted by Gasteiger charge is 2.48. The van der Waals surface area contributed by atoms with Crippen molar-refractivity contribution in [1.82, 2.24) is 10.2 Å². The maximum absolute atomic E-state index is 14.1. The third-order valence-electron chi connectivity index (χ3n) is 8.03. The molecule has 2 fully saturated rings. The van der Waals surface area contributed by atoms with Crippen molar-refractivity contribution >= 4 is 28.8 Å². The summed E-state index contributed by atoms with van der Waals surface area (Å²) >= 11 is 1.78. The van der Waals surface area contributed by atoms with Crippen LogP contribution in [0, 0.1) is 11.8 Å². The number of carbonyl (C=O) groups is 2. The minimum absolute atomic E-state index is 0.0689. The summed E-state index contributed by atoms with van der Waals surface area (Å²) in [6.45, 7) is 0.766. The van der Waals surface area contributed by atoms with Gasteiger partial charge in [0.15, 0.2) is 0 Å². The molecule has 2 N–H and O–H groups in total. The van der Waals surface area contributed by atoms with E-state index in [4.69, 9.17) is 0 Å². The van der Waals surface area contributed by atoms with Crippen LogP contribution in [0.1, 0.15) is 65.0 Å². The molecule has 3 aliphatic rings. The molecule has 1 saturated heterocycles. The second-order valence-electron chi connectivity index (χ2n) is 9.99. The fourth-order valence-electron chi connectivity index (χ4n) is 6.38. The molecule has 0 radical (unpaired) electrons. The van der Waals surface area contributed by atoms with Crippen LogP contribution in [0.3, 0.4) is 0 Å². The summed E-state index contributed by atoms with van der Waals surface area (Å²) < 4.78 is 0. The lowest BCUT2D eigenvalue weighted by Crippen LogP contribution is -2.50. The lowest BCUT2D eigenvalue weighted by molar-refractivity contribution is -0.138. The van der Waals surface area contributed by atoms with Gasteiger partial charge in [0, 0.05) is 34.6 Å². The predicted octanol–water partition coefficient (Wildman–Crippen LogP) is 5.79. The van der Waals surface area contributed by atoms with E-state index in [1.807, 2.05) is 30.3 Å². The van der Waals surface area contributed by atoms with Crippen LogP contribution in [-0.4, -0.2) is 29.3 Å². The van der Waals surface area contributed by atoms with Crippen molar-refractivity contribution in [3.8, 4) is 0 Å². The van der Waals surface area contributed by atoms with Gasteiger partial charge in [0.25, 0.3) is 5.91 Å². The van der Waals surface area contributed by atoms with E-state index in [9.17, 15) is 9.59 Å². The molecule has 6 rings (SSSR count). The highest BCUT2D eigenvalue weighted by molar-refractivity contribution is 7.10. The lowest BCUT2D eigenvalue weighted by atomic mass is 9.80. The number of rotatable bonds is 4. The third kappa shape index (κ3) is 4.14. The van der Waals surface area contributed by atoms with Crippen LogP contribution >= 0.6 is 11.3 Å². The minimum atomic E-state index is -0.169. The Morgan fingerprint density at radius 1 is 0.914 bits per heavy atom. The van der Waals surface area contributed by atoms with Gasteiger partial charge in [-0.1, -0.05) is 55.3 Å². The molecule has 3 heterocycles. The molecule has 1 aromatic heterocycles. The van der Waals surface area contributed by atoms with Crippen molar-refractivity contribution in [3.05, 3.63) is 88.1 Å². The van der Waals surface area contributed by atoms with Crippen LogP contribution in [-0.2, 0) is 4.79 Å². The molecule has 35 heavy (non-hydrogen) atoms. The molecule has 5 atom stereocenters. The number of likely N-dealkylation sites (tertiary alicyclic amines) is 1. The molecule has 5 nitrogen and oxygen atoms in total. The third-order valence-corrected chi connectivity index (χ3v) is 8.99. The summed E-state index contributed by atoms with van der Waals surface area (Å²) in [5, 5.41) is 9.12. The van der Waals surface area contributed by atoms with E-state index in [2.05, 4.69) is 57.3 Å². The minimum Gasteiger partial charge on any atom is -0.377 e. The zero-order valence-corrected chi connectivity index (χ0v) is 20.5. The van der Waals surface area contributed by atoms with Crippen LogP contribution in [0.4, 0.5) is 5.69 Å². The summed E-state index contributed by atoms with van der Waals surface area (Å²) in [4.78, 5) is 30.5. The number of hydrogen-bond donors (Lipinski definition) is 2. The van der Waals surface area contributed by atoms with Gasteiger partial charge in [-0.3, -0.25) is 9.59 Å². The molecular formula is C29H31N3O2S. The Kier molecular flexibility index (Phi) is 6.06. The zero-order chi connectivity index (χ0) is 23.8. The summed E-state index contributed by atoms with van der Waals surface area (Å²) in [7, 11) is 0. The molecule has 1 aliphatic carbocycles. The van der Waals surface area contributed by atoms with Crippen molar-refractivity contribution in [3.63, 3.8) is 0 Å². The number of anilines is 1. The maximum Gasteiger partial charge on any atom is 0.251 e. The average molecular weight is 486 g/mol. The van der Waals surface area contributed by atoms with Crippen LogP contribution in [0.15, 0.2) is 72.1 Å². The summed E-state index contributed by atoms with van der Waals surface area (Å²) in [5.41, 5.74) is 3.00. The molecule has 2 amide bonds. The van der Waals surface area contributed by atoms with Crippen LogP contribution in [0.5, 0.6) is 0 Å². The number of thiophene rings is 1. The van der Waals surface area contributed by atoms with Gasteiger partial charge in [-0.05, 0) is 54.5 Å². The molecule has 1 unspecified atom stereocenters. The van der Waals surface area contributed by atoms with E-state index >= 15 is 0 Å². The quantitative estimate of drug-likeness (QED) is 0.491. The summed E-state index contributed by atoms with van der Waals surface area (Å²) in [6, 6.07) is 22.3. The number of nitrogens with one attached hydrogen (secondary N) is 2. The SMILES string of the molecule is O=C(NC1CCCC[C@@H]1C(=O)N1CC[C@H]2[C@@H](c3cccs3)Nc3ccccc3[C@H]21)c1ccccc1. The second kappa shape index (κ2) is 9.50. The number of carbonyl (C=O) groups excluding carboxylic acids is 2. The van der Waals surface area contributed by atoms with E-state index in [0.717, 1.165) is 44.3 Å². The van der Waals surface area contributed by atoms with Crippen molar-refractivity contribution in [2.75, 3.05) is 11.9 Å². The van der Waals surface area contributed by atoms with Gasteiger partial charge in [-0.15, -0.1) is 11.3 Å². The van der Waals surface area contributed by atoms with E-state index < -0.39 is 0 Å². The molecule has 3 aromatic rings. The van der Waals surface area contributed by atoms with Crippen molar-refractivity contribution in [1.29, 1.82) is 0 Å². The topological polar surface area (TPSA) is 61.4 Å². The van der Waals surface area contributed by atoms with E-state index in [0.29, 0.717) is 11.5 Å². The number of nitrogens with zero attached hydrogens (tertiary/aromatic N) is 1. The van der Waals surface area contributed by atoms with Gasteiger partial charge in [0.1, 0.15) is 0 Å². The van der Waals surface area contributed by atoms with Crippen LogP contribution in [0.25, 0.3) is 0 Å².